The third-order valence-electron chi connectivity index (χ3n) is 4.11. The Morgan fingerprint density at radius 2 is 2.30 bits per heavy atom. The highest BCUT2D eigenvalue weighted by Gasteiger charge is 2.42. The van der Waals surface area contributed by atoms with Gasteiger partial charge in [0.2, 0.25) is 5.88 Å². The van der Waals surface area contributed by atoms with Gasteiger partial charge in [-0.15, -0.1) is 0 Å². The molecule has 128 valence electrons. The summed E-state index contributed by atoms with van der Waals surface area (Å²) in [6.45, 7) is 4.20. The number of pyridine rings is 1. The van der Waals surface area contributed by atoms with Crippen LogP contribution in [0, 0.1) is 12.8 Å². The summed E-state index contributed by atoms with van der Waals surface area (Å²) in [5, 5.41) is 2.46. The van der Waals surface area contributed by atoms with Crippen LogP contribution in [0.1, 0.15) is 18.9 Å². The highest BCUT2D eigenvalue weighted by molar-refractivity contribution is 5.83. The van der Waals surface area contributed by atoms with Crippen LogP contribution in [0.25, 0.3) is 0 Å². The van der Waals surface area contributed by atoms with Crippen LogP contribution in [-0.2, 0) is 4.79 Å². The minimum atomic E-state index is -3.59. The second kappa shape index (κ2) is 7.21. The summed E-state index contributed by atoms with van der Waals surface area (Å²) in [5.74, 6) is -4.62. The quantitative estimate of drug-likeness (QED) is 0.897. The van der Waals surface area contributed by atoms with E-state index in [0.717, 1.165) is 13.1 Å². The van der Waals surface area contributed by atoms with Gasteiger partial charge in [0.1, 0.15) is 0 Å². The van der Waals surface area contributed by atoms with Crippen molar-refractivity contribution in [3.05, 3.63) is 23.9 Å². The maximum absolute atomic E-state index is 14.0. The number of nitrogens with one attached hydrogen (secondary N) is 1. The number of halogens is 2. The Morgan fingerprint density at radius 1 is 1.57 bits per heavy atom. The number of piperidine rings is 1. The number of aromatic nitrogens is 1. The Morgan fingerprint density at radius 3 is 2.96 bits per heavy atom. The molecule has 1 N–H and O–H groups in total. The summed E-state index contributed by atoms with van der Waals surface area (Å²) in [6.07, 6.45) is 2.13. The van der Waals surface area contributed by atoms with Crippen molar-refractivity contribution in [3.8, 4) is 5.88 Å². The number of likely N-dealkylation sites (tertiary alicyclic amines) is 1. The molecule has 0 spiro atoms. The molecule has 2 unspecified atom stereocenters. The van der Waals surface area contributed by atoms with Gasteiger partial charge in [0.25, 0.3) is 5.91 Å². The molecule has 0 radical (unpaired) electrons. The first-order chi connectivity index (χ1) is 10.8. The number of hydrogen-bond acceptors (Lipinski definition) is 4. The summed E-state index contributed by atoms with van der Waals surface area (Å²) in [5.41, 5.74) is 0.646. The van der Waals surface area contributed by atoms with Crippen molar-refractivity contribution in [3.63, 3.8) is 0 Å². The van der Waals surface area contributed by atoms with Gasteiger partial charge in [-0.3, -0.25) is 4.79 Å². The summed E-state index contributed by atoms with van der Waals surface area (Å²) in [6, 6.07) is 3.16. The van der Waals surface area contributed by atoms with E-state index in [9.17, 15) is 13.6 Å². The van der Waals surface area contributed by atoms with Crippen molar-refractivity contribution in [1.29, 1.82) is 0 Å². The van der Waals surface area contributed by atoms with E-state index in [0.29, 0.717) is 12.0 Å². The van der Waals surface area contributed by atoms with E-state index in [1.165, 1.54) is 6.20 Å². The van der Waals surface area contributed by atoms with Crippen LogP contribution >= 0.6 is 0 Å². The number of nitrogens with zero attached hydrogens (tertiary/aromatic N) is 2. The molecule has 2 atom stereocenters. The van der Waals surface area contributed by atoms with Crippen LogP contribution in [0.15, 0.2) is 18.3 Å². The van der Waals surface area contributed by atoms with Crippen molar-refractivity contribution in [2.75, 3.05) is 26.7 Å². The Hall–Kier alpha value is -1.76. The van der Waals surface area contributed by atoms with E-state index in [2.05, 4.69) is 15.2 Å². The Bertz CT molecular complexity index is 554. The lowest BCUT2D eigenvalue weighted by Crippen LogP contribution is -2.54. The van der Waals surface area contributed by atoms with Crippen LogP contribution in [0.2, 0.25) is 0 Å². The molecule has 7 heteroatoms. The molecule has 0 aliphatic carbocycles. The fourth-order valence-electron chi connectivity index (χ4n) is 2.69. The third kappa shape index (κ3) is 4.60. The molecule has 1 aliphatic rings. The Labute approximate surface area is 135 Å². The number of amides is 1. The van der Waals surface area contributed by atoms with Crippen LogP contribution in [0.4, 0.5) is 8.78 Å². The summed E-state index contributed by atoms with van der Waals surface area (Å²) < 4.78 is 33.1. The van der Waals surface area contributed by atoms with Crippen molar-refractivity contribution < 1.29 is 18.3 Å². The highest BCUT2D eigenvalue weighted by atomic mass is 19.3. The molecule has 5 nitrogen and oxygen atoms in total. The maximum Gasteiger partial charge on any atom is 0.357 e. The van der Waals surface area contributed by atoms with E-state index < -0.39 is 18.4 Å². The van der Waals surface area contributed by atoms with Crippen LogP contribution in [-0.4, -0.2) is 54.5 Å². The van der Waals surface area contributed by atoms with Gasteiger partial charge in [0.15, 0.2) is 6.61 Å². The van der Waals surface area contributed by atoms with E-state index in [1.807, 2.05) is 14.0 Å². The first kappa shape index (κ1) is 17.6. The predicted octanol–water partition coefficient (Wildman–Crippen LogP) is 1.86. The number of aryl methyl sites for hydroxylation is 1. The molecule has 0 bridgehead atoms. The topological polar surface area (TPSA) is 54.5 Å². The fraction of sp³-hybridized carbons (Fsp3) is 0.625. The number of carbonyl (C=O) groups excluding carboxylic acids is 1. The van der Waals surface area contributed by atoms with Crippen molar-refractivity contribution in [2.24, 2.45) is 5.92 Å². The zero-order chi connectivity index (χ0) is 17.0. The number of carbonyl (C=O) groups is 1. The smallest absolute Gasteiger partial charge is 0.357 e. The summed E-state index contributed by atoms with van der Waals surface area (Å²) in [4.78, 5) is 17.9. The zero-order valence-corrected chi connectivity index (χ0v) is 13.7. The molecular formula is C16H23F2N3O2. The maximum atomic E-state index is 14.0. The molecule has 2 rings (SSSR count). The van der Waals surface area contributed by atoms with Crippen molar-refractivity contribution in [2.45, 2.75) is 32.2 Å². The van der Waals surface area contributed by atoms with E-state index in [4.69, 9.17) is 4.74 Å². The van der Waals surface area contributed by atoms with Gasteiger partial charge in [-0.1, -0.05) is 13.0 Å². The predicted molar refractivity (Wildman–Crippen MR) is 82.6 cm³/mol. The first-order valence-electron chi connectivity index (χ1n) is 7.71. The monoisotopic (exact) mass is 327 g/mol. The fourth-order valence-corrected chi connectivity index (χ4v) is 2.69. The van der Waals surface area contributed by atoms with Gasteiger partial charge in [0.05, 0.1) is 0 Å². The molecule has 1 aliphatic heterocycles. The van der Waals surface area contributed by atoms with E-state index >= 15 is 0 Å². The van der Waals surface area contributed by atoms with Crippen molar-refractivity contribution >= 4 is 5.91 Å². The lowest BCUT2D eigenvalue weighted by atomic mass is 9.94. The Kier molecular flexibility index (Phi) is 5.51. The van der Waals surface area contributed by atoms with Gasteiger partial charge >= 0.3 is 5.92 Å². The third-order valence-corrected chi connectivity index (χ3v) is 4.11. The minimum absolute atomic E-state index is 0.118. The van der Waals surface area contributed by atoms with Gasteiger partial charge in [0, 0.05) is 24.3 Å². The number of hydrogen-bond donors (Lipinski definition) is 1. The molecule has 0 saturated carbocycles. The summed E-state index contributed by atoms with van der Waals surface area (Å²) in [7, 11) is 1.98. The molecule has 1 aromatic heterocycles. The van der Waals surface area contributed by atoms with E-state index in [-0.39, 0.29) is 17.8 Å². The highest BCUT2D eigenvalue weighted by Crippen LogP contribution is 2.21. The Balaban J connectivity index is 1.91. The SMILES string of the molecule is Cc1cccnc1OCC(F)(F)C(=O)NC1CCN(C)CC1C. The largest absolute Gasteiger partial charge is 0.470 e. The molecular weight excluding hydrogens is 304 g/mol. The van der Waals surface area contributed by atoms with Gasteiger partial charge in [-0.2, -0.15) is 8.78 Å². The molecule has 1 saturated heterocycles. The van der Waals surface area contributed by atoms with Crippen molar-refractivity contribution in [1.82, 2.24) is 15.2 Å². The lowest BCUT2D eigenvalue weighted by Gasteiger charge is -2.35. The molecule has 1 fully saturated rings. The number of alkyl halides is 2. The van der Waals surface area contributed by atoms with Gasteiger partial charge < -0.3 is 15.0 Å². The second-order valence-electron chi connectivity index (χ2n) is 6.23. The standard InChI is InChI=1S/C16H23F2N3O2/c1-11-5-4-7-19-14(11)23-10-16(17,18)15(22)20-13-6-8-21(3)9-12(13)2/h4-5,7,12-13H,6,8-10H2,1-3H3,(H,20,22). The molecule has 1 amide bonds. The van der Waals surface area contributed by atoms with E-state index in [1.54, 1.807) is 19.1 Å². The van der Waals surface area contributed by atoms with Gasteiger partial charge in [-0.25, -0.2) is 4.98 Å². The minimum Gasteiger partial charge on any atom is -0.470 e. The molecule has 23 heavy (non-hydrogen) atoms. The molecule has 1 aromatic rings. The van der Waals surface area contributed by atoms with Gasteiger partial charge in [-0.05, 0) is 38.9 Å². The number of ether oxygens (including phenoxy) is 1. The zero-order valence-electron chi connectivity index (χ0n) is 13.7. The first-order valence-corrected chi connectivity index (χ1v) is 7.71. The average molecular weight is 327 g/mol. The van der Waals surface area contributed by atoms with Crippen LogP contribution in [0.5, 0.6) is 5.88 Å². The number of rotatable bonds is 5. The average Bonchev–Trinajstić information content (AvgIpc) is 2.49. The summed E-state index contributed by atoms with van der Waals surface area (Å²) >= 11 is 0. The lowest BCUT2D eigenvalue weighted by molar-refractivity contribution is -0.151. The van der Waals surface area contributed by atoms with Crippen LogP contribution in [0.3, 0.4) is 0 Å². The molecule has 0 aromatic carbocycles. The normalized spacial score (nSPS) is 22.7. The molecule has 2 heterocycles. The second-order valence-corrected chi connectivity index (χ2v) is 6.23. The van der Waals surface area contributed by atoms with Crippen LogP contribution < -0.4 is 10.1 Å².